The summed E-state index contributed by atoms with van der Waals surface area (Å²) in [4.78, 5) is 0. The molecule has 2 rings (SSSR count). The van der Waals surface area contributed by atoms with Crippen molar-refractivity contribution in [3.8, 4) is 0 Å². The highest BCUT2D eigenvalue weighted by Crippen LogP contribution is 2.14. The van der Waals surface area contributed by atoms with E-state index in [0.717, 1.165) is 5.69 Å². The minimum absolute atomic E-state index is 0. The van der Waals surface area contributed by atoms with Gasteiger partial charge in [-0.25, -0.2) is 0 Å². The zero-order chi connectivity index (χ0) is 7.94. The highest BCUT2D eigenvalue weighted by molar-refractivity contribution is 5.41. The van der Waals surface area contributed by atoms with Crippen molar-refractivity contribution in [2.75, 3.05) is 12.4 Å². The van der Waals surface area contributed by atoms with E-state index in [2.05, 4.69) is 5.32 Å². The zero-order valence-electron chi connectivity index (χ0n) is 7.72. The first-order valence-corrected chi connectivity index (χ1v) is 4.16. The van der Waals surface area contributed by atoms with Crippen LogP contribution in [0.4, 0.5) is 5.69 Å². The summed E-state index contributed by atoms with van der Waals surface area (Å²) in [5, 5.41) is 3.03. The van der Waals surface area contributed by atoms with Crippen LogP contribution >= 0.6 is 0 Å². The van der Waals surface area contributed by atoms with Crippen LogP contribution in [0.1, 0.15) is 19.3 Å². The predicted molar refractivity (Wildman–Crippen MR) is 54.9 cm³/mol. The second-order valence-electron chi connectivity index (χ2n) is 2.68. The molecule has 2 heteroatoms. The Morgan fingerprint density at radius 2 is 1.50 bits per heavy atom. The van der Waals surface area contributed by atoms with Crippen molar-refractivity contribution in [2.24, 2.45) is 0 Å². The molecule has 0 heterocycles. The molecule has 1 saturated carbocycles. The highest BCUT2D eigenvalue weighted by Gasteiger charge is 1.95. The molecule has 0 unspecified atom stereocenters. The quantitative estimate of drug-likeness (QED) is 0.673. The molecule has 2 nitrogen and oxygen atoms in total. The van der Waals surface area contributed by atoms with Crippen molar-refractivity contribution in [1.29, 1.82) is 0 Å². The molecule has 0 radical (unpaired) electrons. The summed E-state index contributed by atoms with van der Waals surface area (Å²) in [5.41, 5.74) is 1.16. The van der Waals surface area contributed by atoms with E-state index in [-0.39, 0.29) is 6.15 Å². The fourth-order valence-electron chi connectivity index (χ4n) is 0.605. The monoisotopic (exact) mass is 166 g/mol. The van der Waals surface area contributed by atoms with Gasteiger partial charge in [-0.15, -0.1) is 0 Å². The van der Waals surface area contributed by atoms with Crippen LogP contribution in [0.5, 0.6) is 0 Å². The summed E-state index contributed by atoms with van der Waals surface area (Å²) >= 11 is 0. The normalized spacial score (nSPS) is 11.8. The van der Waals surface area contributed by atoms with E-state index in [4.69, 9.17) is 0 Å². The maximum Gasteiger partial charge on any atom is 0.0337 e. The van der Waals surface area contributed by atoms with Gasteiger partial charge in [0.25, 0.3) is 0 Å². The van der Waals surface area contributed by atoms with Crippen molar-refractivity contribution in [1.82, 2.24) is 6.15 Å². The van der Waals surface area contributed by atoms with Gasteiger partial charge in [0.05, 0.1) is 0 Å². The zero-order valence-corrected chi connectivity index (χ0v) is 7.72. The van der Waals surface area contributed by atoms with Crippen molar-refractivity contribution >= 4 is 5.69 Å². The smallest absolute Gasteiger partial charge is 0.0337 e. The fourth-order valence-corrected chi connectivity index (χ4v) is 0.605. The van der Waals surface area contributed by atoms with E-state index in [1.54, 1.807) is 0 Å². The maximum absolute atomic E-state index is 3.03. The first-order valence-electron chi connectivity index (χ1n) is 4.16. The SMILES string of the molecule is C1CC1.CNc1ccccc1.N. The fraction of sp³-hybridized carbons (Fsp3) is 0.400. The Bertz CT molecular complexity index is 180. The summed E-state index contributed by atoms with van der Waals surface area (Å²) in [6.45, 7) is 0. The van der Waals surface area contributed by atoms with Crippen LogP contribution in [0.15, 0.2) is 30.3 Å². The molecule has 0 aromatic heterocycles. The second-order valence-corrected chi connectivity index (χ2v) is 2.68. The number of anilines is 1. The standard InChI is InChI=1S/C7H9N.C3H6.H3N/c1-8-7-5-3-2-4-6-7;1-2-3-1;/h2-6,8H,1H3;1-3H2;1H3. The third-order valence-electron chi connectivity index (χ3n) is 1.42. The minimum atomic E-state index is 0. The van der Waals surface area contributed by atoms with Gasteiger partial charge in [-0.1, -0.05) is 37.5 Å². The van der Waals surface area contributed by atoms with Gasteiger partial charge in [-0.05, 0) is 12.1 Å². The molecule has 0 saturated heterocycles. The summed E-state index contributed by atoms with van der Waals surface area (Å²) < 4.78 is 0. The topological polar surface area (TPSA) is 47.0 Å². The van der Waals surface area contributed by atoms with Crippen LogP contribution in [0.25, 0.3) is 0 Å². The molecule has 4 N–H and O–H groups in total. The number of rotatable bonds is 1. The summed E-state index contributed by atoms with van der Waals surface area (Å²) in [7, 11) is 1.91. The highest BCUT2D eigenvalue weighted by atomic mass is 14.8. The number of nitrogens with one attached hydrogen (secondary N) is 1. The van der Waals surface area contributed by atoms with Gasteiger partial charge in [0.1, 0.15) is 0 Å². The molecule has 1 aliphatic rings. The van der Waals surface area contributed by atoms with E-state index in [0.29, 0.717) is 0 Å². The Labute approximate surface area is 74.6 Å². The van der Waals surface area contributed by atoms with E-state index in [1.807, 2.05) is 37.4 Å². The first kappa shape index (κ1) is 11.0. The summed E-state index contributed by atoms with van der Waals surface area (Å²) in [6.07, 6.45) is 4.50. The van der Waals surface area contributed by atoms with Crippen LogP contribution in [0.3, 0.4) is 0 Å². The molecular formula is C10H18N2. The van der Waals surface area contributed by atoms with Gasteiger partial charge in [0.15, 0.2) is 0 Å². The van der Waals surface area contributed by atoms with Gasteiger partial charge in [0.2, 0.25) is 0 Å². The van der Waals surface area contributed by atoms with Crippen molar-refractivity contribution in [2.45, 2.75) is 19.3 Å². The van der Waals surface area contributed by atoms with E-state index >= 15 is 0 Å². The van der Waals surface area contributed by atoms with E-state index in [1.165, 1.54) is 19.3 Å². The molecule has 1 aromatic rings. The van der Waals surface area contributed by atoms with Gasteiger partial charge < -0.3 is 11.5 Å². The lowest BCUT2D eigenvalue weighted by molar-refractivity contribution is 1.50. The number of benzene rings is 1. The number of hydrogen-bond donors (Lipinski definition) is 2. The molecular weight excluding hydrogens is 148 g/mol. The Morgan fingerprint density at radius 1 is 1.00 bits per heavy atom. The molecule has 0 amide bonds. The molecule has 1 aromatic carbocycles. The van der Waals surface area contributed by atoms with Gasteiger partial charge in [-0.2, -0.15) is 0 Å². The largest absolute Gasteiger partial charge is 0.388 e. The predicted octanol–water partition coefficient (Wildman–Crippen LogP) is 3.06. The van der Waals surface area contributed by atoms with Crippen molar-refractivity contribution < 1.29 is 0 Å². The third-order valence-corrected chi connectivity index (χ3v) is 1.42. The van der Waals surface area contributed by atoms with Gasteiger partial charge >= 0.3 is 0 Å². The van der Waals surface area contributed by atoms with Crippen LogP contribution in [-0.2, 0) is 0 Å². The van der Waals surface area contributed by atoms with Gasteiger partial charge in [-0.3, -0.25) is 0 Å². The van der Waals surface area contributed by atoms with E-state index < -0.39 is 0 Å². The average Bonchev–Trinajstić information content (AvgIpc) is 2.92. The van der Waals surface area contributed by atoms with Crippen LogP contribution < -0.4 is 11.5 Å². The Balaban J connectivity index is 0.000000257. The first-order chi connectivity index (χ1) is 5.43. The molecule has 12 heavy (non-hydrogen) atoms. The van der Waals surface area contributed by atoms with Crippen molar-refractivity contribution in [3.63, 3.8) is 0 Å². The average molecular weight is 166 g/mol. The Kier molecular flexibility index (Phi) is 6.11. The summed E-state index contributed by atoms with van der Waals surface area (Å²) in [6, 6.07) is 10.1. The molecule has 0 spiro atoms. The van der Waals surface area contributed by atoms with E-state index in [9.17, 15) is 0 Å². The van der Waals surface area contributed by atoms with Crippen LogP contribution in [0, 0.1) is 0 Å². The molecule has 0 aliphatic heterocycles. The Hall–Kier alpha value is -1.02. The summed E-state index contributed by atoms with van der Waals surface area (Å²) in [5.74, 6) is 0. The lowest BCUT2D eigenvalue weighted by Crippen LogP contribution is -1.84. The molecule has 1 fully saturated rings. The minimum Gasteiger partial charge on any atom is -0.388 e. The maximum atomic E-state index is 3.03. The molecule has 1 aliphatic carbocycles. The number of hydrogen-bond acceptors (Lipinski definition) is 2. The second kappa shape index (κ2) is 6.68. The molecule has 0 bridgehead atoms. The van der Waals surface area contributed by atoms with Crippen molar-refractivity contribution in [3.05, 3.63) is 30.3 Å². The molecule has 68 valence electrons. The third kappa shape index (κ3) is 5.74. The van der Waals surface area contributed by atoms with Gasteiger partial charge in [0, 0.05) is 12.7 Å². The lowest BCUT2D eigenvalue weighted by Gasteiger charge is -1.94. The Morgan fingerprint density at radius 3 is 1.75 bits per heavy atom. The lowest BCUT2D eigenvalue weighted by atomic mass is 10.3. The molecule has 0 atom stereocenters. The number of para-hydroxylation sites is 1. The van der Waals surface area contributed by atoms with Crippen LogP contribution in [-0.4, -0.2) is 7.05 Å². The van der Waals surface area contributed by atoms with Crippen LogP contribution in [0.2, 0.25) is 0 Å².